The first-order valence-corrected chi connectivity index (χ1v) is 9.20. The van der Waals surface area contributed by atoms with E-state index in [1.54, 1.807) is 11.3 Å². The van der Waals surface area contributed by atoms with Crippen LogP contribution in [0.3, 0.4) is 0 Å². The van der Waals surface area contributed by atoms with Gasteiger partial charge in [0, 0.05) is 29.9 Å². The third-order valence-electron chi connectivity index (χ3n) is 4.96. The van der Waals surface area contributed by atoms with Crippen LogP contribution in [0.5, 0.6) is 0 Å². The Kier molecular flexibility index (Phi) is 3.71. The smallest absolute Gasteiger partial charge is 0.141 e. The maximum atomic E-state index is 11.3. The Morgan fingerprint density at radius 3 is 2.91 bits per heavy atom. The summed E-state index contributed by atoms with van der Waals surface area (Å²) < 4.78 is 0. The van der Waals surface area contributed by atoms with Gasteiger partial charge in [0.25, 0.3) is 0 Å². The standard InChI is InChI=1S/C17H21N3O2S/c1-10-18-15(20-8-4-5-11(9-20)17(21)22)14-12-6-2-3-7-13(12)23-16(14)19-10/h11H,2-9H2,1H3,(H,21,22)/p-1/t11-/m1/s1. The van der Waals surface area contributed by atoms with Gasteiger partial charge in [-0.05, 0) is 51.0 Å². The van der Waals surface area contributed by atoms with E-state index in [9.17, 15) is 9.90 Å². The Morgan fingerprint density at radius 1 is 1.26 bits per heavy atom. The number of carbonyl (C=O) groups is 1. The molecule has 5 nitrogen and oxygen atoms in total. The topological polar surface area (TPSA) is 69.2 Å². The number of carboxylic acid groups (broad SMARTS) is 1. The molecule has 122 valence electrons. The summed E-state index contributed by atoms with van der Waals surface area (Å²) in [6, 6.07) is 0. The van der Waals surface area contributed by atoms with E-state index in [-0.39, 0.29) is 0 Å². The van der Waals surface area contributed by atoms with Crippen molar-refractivity contribution in [2.45, 2.75) is 45.4 Å². The predicted molar refractivity (Wildman–Crippen MR) is 88.7 cm³/mol. The van der Waals surface area contributed by atoms with Gasteiger partial charge in [0.15, 0.2) is 0 Å². The second-order valence-electron chi connectivity index (χ2n) is 6.59. The molecule has 0 amide bonds. The molecule has 2 aromatic heterocycles. The molecule has 0 spiro atoms. The molecular weight excluding hydrogens is 310 g/mol. The van der Waals surface area contributed by atoms with Gasteiger partial charge in [-0.15, -0.1) is 11.3 Å². The van der Waals surface area contributed by atoms with Crippen molar-refractivity contribution in [2.24, 2.45) is 5.92 Å². The number of piperidine rings is 1. The molecule has 0 saturated carbocycles. The summed E-state index contributed by atoms with van der Waals surface area (Å²) in [4.78, 5) is 25.3. The van der Waals surface area contributed by atoms with Crippen LogP contribution in [0.2, 0.25) is 0 Å². The van der Waals surface area contributed by atoms with Crippen LogP contribution >= 0.6 is 11.3 Å². The summed E-state index contributed by atoms with van der Waals surface area (Å²) in [6.07, 6.45) is 6.26. The zero-order chi connectivity index (χ0) is 16.0. The largest absolute Gasteiger partial charge is 0.550 e. The second kappa shape index (κ2) is 5.74. The maximum absolute atomic E-state index is 11.3. The minimum atomic E-state index is -0.941. The number of carboxylic acids is 1. The molecule has 4 rings (SSSR count). The molecule has 23 heavy (non-hydrogen) atoms. The summed E-state index contributed by atoms with van der Waals surface area (Å²) in [5, 5.41) is 12.5. The SMILES string of the molecule is Cc1nc(N2CCC[C@@H](C(=O)[O-])C2)c2c3c(sc2n1)CCCC3. The average Bonchev–Trinajstić information content (AvgIpc) is 2.92. The molecule has 1 aliphatic heterocycles. The van der Waals surface area contributed by atoms with Gasteiger partial charge >= 0.3 is 0 Å². The van der Waals surface area contributed by atoms with Gasteiger partial charge < -0.3 is 14.8 Å². The van der Waals surface area contributed by atoms with E-state index in [2.05, 4.69) is 9.88 Å². The highest BCUT2D eigenvalue weighted by Crippen LogP contribution is 2.40. The first-order chi connectivity index (χ1) is 11.1. The third-order valence-corrected chi connectivity index (χ3v) is 6.15. The summed E-state index contributed by atoms with van der Waals surface area (Å²) in [5.74, 6) is 0.368. The van der Waals surface area contributed by atoms with E-state index in [1.165, 1.54) is 28.7 Å². The van der Waals surface area contributed by atoms with Crippen LogP contribution in [0.15, 0.2) is 0 Å². The number of aryl methyl sites for hydroxylation is 3. The van der Waals surface area contributed by atoms with Crippen LogP contribution in [-0.4, -0.2) is 29.0 Å². The minimum Gasteiger partial charge on any atom is -0.550 e. The van der Waals surface area contributed by atoms with Gasteiger partial charge in [-0.1, -0.05) is 0 Å². The Bertz CT molecular complexity index is 771. The first-order valence-electron chi connectivity index (χ1n) is 8.38. The van der Waals surface area contributed by atoms with Gasteiger partial charge in [-0.3, -0.25) is 0 Å². The number of aliphatic carboxylic acids is 1. The third kappa shape index (κ3) is 2.59. The number of hydrogen-bond donors (Lipinski definition) is 0. The van der Waals surface area contributed by atoms with Crippen LogP contribution in [-0.2, 0) is 17.6 Å². The van der Waals surface area contributed by atoms with Crippen molar-refractivity contribution in [2.75, 3.05) is 18.0 Å². The van der Waals surface area contributed by atoms with Gasteiger partial charge in [0.2, 0.25) is 0 Å². The molecule has 1 atom stereocenters. The van der Waals surface area contributed by atoms with Gasteiger partial charge in [0.1, 0.15) is 16.5 Å². The molecule has 0 bridgehead atoms. The molecule has 1 aliphatic carbocycles. The van der Waals surface area contributed by atoms with Crippen molar-refractivity contribution < 1.29 is 9.90 Å². The Hall–Kier alpha value is -1.69. The highest BCUT2D eigenvalue weighted by molar-refractivity contribution is 7.19. The molecule has 0 N–H and O–H groups in total. The number of aromatic nitrogens is 2. The van der Waals surface area contributed by atoms with E-state index in [0.29, 0.717) is 13.0 Å². The van der Waals surface area contributed by atoms with Gasteiger partial charge in [-0.25, -0.2) is 9.97 Å². The maximum Gasteiger partial charge on any atom is 0.141 e. The summed E-state index contributed by atoms with van der Waals surface area (Å²) in [6.45, 7) is 3.28. The number of nitrogens with zero attached hydrogens (tertiary/aromatic N) is 3. The predicted octanol–water partition coefficient (Wildman–Crippen LogP) is 1.84. The normalized spacial score (nSPS) is 21.4. The minimum absolute atomic E-state index is 0.400. The van der Waals surface area contributed by atoms with Crippen molar-refractivity contribution in [3.63, 3.8) is 0 Å². The molecule has 1 fully saturated rings. The molecule has 6 heteroatoms. The Balaban J connectivity index is 1.82. The number of fused-ring (bicyclic) bond motifs is 3. The van der Waals surface area contributed by atoms with E-state index in [4.69, 9.17) is 4.98 Å². The molecule has 2 aliphatic rings. The fourth-order valence-corrected chi connectivity index (χ4v) is 5.13. The number of hydrogen-bond acceptors (Lipinski definition) is 6. The number of thiophene rings is 1. The zero-order valence-electron chi connectivity index (χ0n) is 13.3. The fraction of sp³-hybridized carbons (Fsp3) is 0.588. The van der Waals surface area contributed by atoms with Gasteiger partial charge in [0.05, 0.1) is 5.39 Å². The van der Waals surface area contributed by atoms with E-state index >= 15 is 0 Å². The lowest BCUT2D eigenvalue weighted by Crippen LogP contribution is -2.44. The highest BCUT2D eigenvalue weighted by Gasteiger charge is 2.27. The zero-order valence-corrected chi connectivity index (χ0v) is 14.1. The molecule has 0 unspecified atom stereocenters. The van der Waals surface area contributed by atoms with Crippen LogP contribution in [0.4, 0.5) is 5.82 Å². The average molecular weight is 330 g/mol. The lowest BCUT2D eigenvalue weighted by Gasteiger charge is -2.34. The lowest BCUT2D eigenvalue weighted by atomic mass is 9.95. The molecule has 0 radical (unpaired) electrons. The summed E-state index contributed by atoms with van der Waals surface area (Å²) in [5.41, 5.74) is 1.40. The fourth-order valence-electron chi connectivity index (χ4n) is 3.83. The van der Waals surface area contributed by atoms with Crippen LogP contribution in [0.1, 0.15) is 41.9 Å². The molecule has 2 aromatic rings. The second-order valence-corrected chi connectivity index (χ2v) is 7.67. The molecule has 3 heterocycles. The summed E-state index contributed by atoms with van der Waals surface area (Å²) >= 11 is 1.79. The quantitative estimate of drug-likeness (QED) is 0.840. The number of rotatable bonds is 2. The van der Waals surface area contributed by atoms with Crippen LogP contribution < -0.4 is 10.0 Å². The molecular formula is C17H20N3O2S-. The van der Waals surface area contributed by atoms with Crippen molar-refractivity contribution in [1.82, 2.24) is 9.97 Å². The van der Waals surface area contributed by atoms with Crippen LogP contribution in [0, 0.1) is 12.8 Å². The number of anilines is 1. The van der Waals surface area contributed by atoms with Crippen molar-refractivity contribution in [1.29, 1.82) is 0 Å². The Labute approximate surface area is 139 Å². The number of carbonyl (C=O) groups excluding carboxylic acids is 1. The highest BCUT2D eigenvalue weighted by atomic mass is 32.1. The van der Waals surface area contributed by atoms with E-state index in [0.717, 1.165) is 42.3 Å². The first kappa shape index (κ1) is 14.9. The van der Waals surface area contributed by atoms with Crippen molar-refractivity contribution in [3.8, 4) is 0 Å². The van der Waals surface area contributed by atoms with Crippen molar-refractivity contribution >= 4 is 33.3 Å². The Morgan fingerprint density at radius 2 is 2.09 bits per heavy atom. The van der Waals surface area contributed by atoms with Crippen molar-refractivity contribution in [3.05, 3.63) is 16.3 Å². The van der Waals surface area contributed by atoms with E-state index in [1.807, 2.05) is 6.92 Å². The monoisotopic (exact) mass is 330 g/mol. The molecule has 0 aromatic carbocycles. The van der Waals surface area contributed by atoms with Gasteiger partial charge in [-0.2, -0.15) is 0 Å². The van der Waals surface area contributed by atoms with E-state index < -0.39 is 11.9 Å². The molecule has 1 saturated heterocycles. The van der Waals surface area contributed by atoms with Crippen LogP contribution in [0.25, 0.3) is 10.2 Å². The summed E-state index contributed by atoms with van der Waals surface area (Å²) in [7, 11) is 0. The lowest BCUT2D eigenvalue weighted by molar-refractivity contribution is -0.311.